The fourth-order valence-corrected chi connectivity index (χ4v) is 4.86. The molecule has 0 bridgehead atoms. The maximum absolute atomic E-state index is 13.1. The summed E-state index contributed by atoms with van der Waals surface area (Å²) in [6.07, 6.45) is 1.70. The number of anilines is 1. The zero-order valence-corrected chi connectivity index (χ0v) is 16.5. The monoisotopic (exact) mass is 403 g/mol. The van der Waals surface area contributed by atoms with Crippen LogP contribution in [-0.2, 0) is 21.2 Å². The van der Waals surface area contributed by atoms with E-state index < -0.39 is 20.8 Å². The molecule has 1 aromatic heterocycles. The minimum atomic E-state index is -4.01. The predicted molar refractivity (Wildman–Crippen MR) is 101 cm³/mol. The Bertz CT molecular complexity index is 1040. The maximum Gasteiger partial charge on any atom is 0.286 e. The molecule has 0 spiro atoms. The summed E-state index contributed by atoms with van der Waals surface area (Å²) < 4.78 is 31.3. The number of piperidine rings is 1. The lowest BCUT2D eigenvalue weighted by molar-refractivity contribution is -0.125. The first kappa shape index (κ1) is 18.6. The molecule has 1 fully saturated rings. The normalized spacial score (nSPS) is 19.3. The summed E-state index contributed by atoms with van der Waals surface area (Å²) in [5.74, 6) is 0.713. The summed E-state index contributed by atoms with van der Waals surface area (Å²) in [4.78, 5) is 18.8. The Morgan fingerprint density at radius 3 is 2.64 bits per heavy atom. The van der Waals surface area contributed by atoms with Gasteiger partial charge in [0.15, 0.2) is 5.82 Å². The van der Waals surface area contributed by atoms with Crippen molar-refractivity contribution in [2.75, 3.05) is 18.1 Å². The van der Waals surface area contributed by atoms with Crippen LogP contribution in [0.3, 0.4) is 0 Å². The first-order valence-corrected chi connectivity index (χ1v) is 10.6. The number of hydrogen-bond acceptors (Lipinski definition) is 8. The van der Waals surface area contributed by atoms with Crippen LogP contribution in [0.2, 0.25) is 0 Å². The number of fused-ring (bicyclic) bond motifs is 1. The molecule has 148 valence electrons. The van der Waals surface area contributed by atoms with Gasteiger partial charge in [0.2, 0.25) is 20.8 Å². The second kappa shape index (κ2) is 7.01. The van der Waals surface area contributed by atoms with Gasteiger partial charge < -0.3 is 9.42 Å². The number of aryl methyl sites for hydroxylation is 1. The van der Waals surface area contributed by atoms with E-state index in [9.17, 15) is 13.2 Å². The lowest BCUT2D eigenvalue weighted by Crippen LogP contribution is -2.46. The summed E-state index contributed by atoms with van der Waals surface area (Å²) in [5, 5.41) is 8.94. The summed E-state index contributed by atoms with van der Waals surface area (Å²) in [7, 11) is -4.01. The van der Waals surface area contributed by atoms with E-state index in [0.717, 1.165) is 12.8 Å². The molecule has 3 heterocycles. The Morgan fingerprint density at radius 1 is 1.25 bits per heavy atom. The minimum absolute atomic E-state index is 0.0509. The van der Waals surface area contributed by atoms with E-state index in [1.54, 1.807) is 30.0 Å². The molecule has 28 heavy (non-hydrogen) atoms. The molecule has 2 aliphatic heterocycles. The lowest BCUT2D eigenvalue weighted by atomic mass is 9.99. The summed E-state index contributed by atoms with van der Waals surface area (Å²) in [6, 6.07) is 6.47. The smallest absolute Gasteiger partial charge is 0.286 e. The predicted octanol–water partition coefficient (Wildman–Crippen LogP) is 1.74. The number of aromatic nitrogens is 2. The molecule has 0 radical (unpaired) electrons. The number of carbonyl (C=O) groups excluding carboxylic acids is 1. The molecular formula is C18H21N5O4S. The number of likely N-dealkylation sites (tertiary alicyclic amines) is 1. The Balaban J connectivity index is 1.73. The van der Waals surface area contributed by atoms with E-state index in [1.807, 2.05) is 0 Å². The largest absolute Gasteiger partial charge is 0.337 e. The molecule has 2 aromatic rings. The van der Waals surface area contributed by atoms with Gasteiger partial charge in [-0.1, -0.05) is 24.2 Å². The molecular weight excluding hydrogens is 382 g/mol. The van der Waals surface area contributed by atoms with Crippen molar-refractivity contribution in [1.29, 1.82) is 0 Å². The average Bonchev–Trinajstić information content (AvgIpc) is 3.09. The number of hydrogen-bond donors (Lipinski definition) is 0. The second-order valence-electron chi connectivity index (χ2n) is 7.14. The molecule has 0 aliphatic carbocycles. The van der Waals surface area contributed by atoms with Crippen LogP contribution < -0.4 is 5.01 Å². The van der Waals surface area contributed by atoms with Crippen molar-refractivity contribution in [2.45, 2.75) is 38.1 Å². The van der Waals surface area contributed by atoms with Crippen molar-refractivity contribution in [2.24, 2.45) is 11.0 Å². The summed E-state index contributed by atoms with van der Waals surface area (Å²) in [5.41, 5.74) is 0.377. The molecule has 0 unspecified atom stereocenters. The number of hydrazone groups is 1. The molecule has 2 aliphatic rings. The Kier molecular flexibility index (Phi) is 4.66. The van der Waals surface area contributed by atoms with Crippen LogP contribution in [0.1, 0.15) is 31.5 Å². The van der Waals surface area contributed by atoms with Crippen molar-refractivity contribution >= 4 is 26.5 Å². The Hall–Kier alpha value is -2.75. The summed E-state index contributed by atoms with van der Waals surface area (Å²) >= 11 is 0. The van der Waals surface area contributed by atoms with Crippen LogP contribution in [0.25, 0.3) is 0 Å². The lowest BCUT2D eigenvalue weighted by Gasteiger charge is -2.32. The van der Waals surface area contributed by atoms with Crippen LogP contribution in [0.5, 0.6) is 0 Å². The van der Waals surface area contributed by atoms with Crippen molar-refractivity contribution in [3.8, 4) is 0 Å². The number of para-hydroxylation sites is 1. The standard InChI is InChI=1S/C18H21N5O4S/c1-12-7-9-22(10-8-12)18(24)17-20-23(11-16-19-13(2)21-27-16)14-5-3-4-6-15(14)28(17,25)26/h3-6,12H,7-11H2,1-2H3. The van der Waals surface area contributed by atoms with Crippen LogP contribution >= 0.6 is 0 Å². The quantitative estimate of drug-likeness (QED) is 0.768. The van der Waals surface area contributed by atoms with Gasteiger partial charge >= 0.3 is 0 Å². The van der Waals surface area contributed by atoms with Crippen LogP contribution in [-0.4, -0.2) is 47.5 Å². The van der Waals surface area contributed by atoms with E-state index in [-0.39, 0.29) is 17.3 Å². The fraction of sp³-hybridized carbons (Fsp3) is 0.444. The highest BCUT2D eigenvalue weighted by atomic mass is 32.2. The minimum Gasteiger partial charge on any atom is -0.337 e. The van der Waals surface area contributed by atoms with Crippen molar-refractivity contribution in [3.05, 3.63) is 36.0 Å². The van der Waals surface area contributed by atoms with E-state index >= 15 is 0 Å². The van der Waals surface area contributed by atoms with Crippen molar-refractivity contribution in [1.82, 2.24) is 15.0 Å². The highest BCUT2D eigenvalue weighted by molar-refractivity contribution is 8.08. The molecule has 1 amide bonds. The molecule has 0 N–H and O–H groups in total. The maximum atomic E-state index is 13.1. The van der Waals surface area contributed by atoms with Crippen molar-refractivity contribution < 1.29 is 17.7 Å². The van der Waals surface area contributed by atoms with Gasteiger partial charge in [-0.3, -0.25) is 9.80 Å². The van der Waals surface area contributed by atoms with Gasteiger partial charge in [0.25, 0.3) is 5.91 Å². The molecule has 0 atom stereocenters. The van der Waals surface area contributed by atoms with Gasteiger partial charge in [-0.05, 0) is 37.8 Å². The van der Waals surface area contributed by atoms with Crippen LogP contribution in [0.15, 0.2) is 38.8 Å². The highest BCUT2D eigenvalue weighted by Crippen LogP contribution is 2.33. The zero-order valence-electron chi connectivity index (χ0n) is 15.7. The number of amides is 1. The Morgan fingerprint density at radius 2 is 1.96 bits per heavy atom. The first-order chi connectivity index (χ1) is 13.4. The van der Waals surface area contributed by atoms with Gasteiger partial charge in [0.05, 0.1) is 10.6 Å². The highest BCUT2D eigenvalue weighted by Gasteiger charge is 2.40. The number of benzene rings is 1. The third-order valence-corrected chi connectivity index (χ3v) is 6.70. The second-order valence-corrected chi connectivity index (χ2v) is 8.98. The van der Waals surface area contributed by atoms with E-state index in [2.05, 4.69) is 22.2 Å². The third-order valence-electron chi connectivity index (χ3n) is 5.01. The zero-order chi connectivity index (χ0) is 19.9. The van der Waals surface area contributed by atoms with E-state index in [0.29, 0.717) is 30.5 Å². The van der Waals surface area contributed by atoms with E-state index in [4.69, 9.17) is 4.52 Å². The van der Waals surface area contributed by atoms with Gasteiger partial charge in [0.1, 0.15) is 6.54 Å². The molecule has 9 nitrogen and oxygen atoms in total. The fourth-order valence-electron chi connectivity index (χ4n) is 3.38. The molecule has 0 saturated carbocycles. The number of sulfone groups is 1. The van der Waals surface area contributed by atoms with Gasteiger partial charge in [0, 0.05) is 13.1 Å². The molecule has 1 aromatic carbocycles. The number of rotatable bonds is 3. The first-order valence-electron chi connectivity index (χ1n) is 9.15. The molecule has 1 saturated heterocycles. The van der Waals surface area contributed by atoms with Crippen LogP contribution in [0.4, 0.5) is 5.69 Å². The Labute approximate surface area is 162 Å². The van der Waals surface area contributed by atoms with Crippen LogP contribution in [0, 0.1) is 12.8 Å². The SMILES string of the molecule is Cc1noc(CN2N=C(C(=O)N3CCC(C)CC3)S(=O)(=O)c3ccccc32)n1. The van der Waals surface area contributed by atoms with E-state index in [1.165, 1.54) is 11.1 Å². The van der Waals surface area contributed by atoms with Gasteiger partial charge in [-0.2, -0.15) is 10.1 Å². The number of carbonyl (C=O) groups is 1. The third kappa shape index (κ3) is 3.28. The van der Waals surface area contributed by atoms with Gasteiger partial charge in [-0.25, -0.2) is 8.42 Å². The van der Waals surface area contributed by atoms with Gasteiger partial charge in [-0.15, -0.1) is 0 Å². The molecule has 4 rings (SSSR count). The molecule has 10 heteroatoms. The summed E-state index contributed by atoms with van der Waals surface area (Å²) in [6.45, 7) is 4.94. The topological polar surface area (TPSA) is 109 Å². The number of nitrogens with zero attached hydrogens (tertiary/aromatic N) is 5. The average molecular weight is 403 g/mol. The van der Waals surface area contributed by atoms with Crippen molar-refractivity contribution in [3.63, 3.8) is 0 Å².